The first-order valence-corrected chi connectivity index (χ1v) is 6.25. The van der Waals surface area contributed by atoms with Gasteiger partial charge in [-0.25, -0.2) is 0 Å². The summed E-state index contributed by atoms with van der Waals surface area (Å²) in [5.74, 6) is 0. The molecule has 1 aromatic heterocycles. The molecule has 1 unspecified atom stereocenters. The summed E-state index contributed by atoms with van der Waals surface area (Å²) in [6.07, 6.45) is 2.25. The molecule has 0 aliphatic heterocycles. The highest BCUT2D eigenvalue weighted by Gasteiger charge is 2.23. The third kappa shape index (κ3) is 3.14. The largest absolute Gasteiger partial charge is 0.385 e. The summed E-state index contributed by atoms with van der Waals surface area (Å²) in [4.78, 5) is 4.28. The van der Waals surface area contributed by atoms with E-state index in [2.05, 4.69) is 20.9 Å². The molecule has 0 spiro atoms. The minimum Gasteiger partial charge on any atom is -0.385 e. The molecular formula is C14H14BrNO. The van der Waals surface area contributed by atoms with Crippen molar-refractivity contribution in [2.24, 2.45) is 0 Å². The summed E-state index contributed by atoms with van der Waals surface area (Å²) in [7, 11) is 0. The van der Waals surface area contributed by atoms with E-state index in [1.807, 2.05) is 49.4 Å². The molecule has 0 aliphatic carbocycles. The van der Waals surface area contributed by atoms with Gasteiger partial charge in [-0.1, -0.05) is 30.3 Å². The molecular weight excluding hydrogens is 278 g/mol. The van der Waals surface area contributed by atoms with E-state index < -0.39 is 5.60 Å². The van der Waals surface area contributed by atoms with E-state index in [1.165, 1.54) is 0 Å². The van der Waals surface area contributed by atoms with Crippen molar-refractivity contribution < 1.29 is 5.11 Å². The Morgan fingerprint density at radius 3 is 2.47 bits per heavy atom. The van der Waals surface area contributed by atoms with Crippen LogP contribution in [0.2, 0.25) is 0 Å². The Balaban J connectivity index is 2.20. The summed E-state index contributed by atoms with van der Waals surface area (Å²) in [6.45, 7) is 1.81. The van der Waals surface area contributed by atoms with Gasteiger partial charge in [0, 0.05) is 22.8 Å². The lowest BCUT2D eigenvalue weighted by Crippen LogP contribution is -2.24. The lowest BCUT2D eigenvalue weighted by Gasteiger charge is -2.23. The molecule has 17 heavy (non-hydrogen) atoms. The van der Waals surface area contributed by atoms with E-state index in [-0.39, 0.29) is 0 Å². The van der Waals surface area contributed by atoms with E-state index in [9.17, 15) is 5.11 Å². The van der Waals surface area contributed by atoms with Crippen LogP contribution in [0, 0.1) is 0 Å². The van der Waals surface area contributed by atoms with Crippen LogP contribution in [0.5, 0.6) is 0 Å². The van der Waals surface area contributed by atoms with Gasteiger partial charge in [-0.2, -0.15) is 0 Å². The number of hydrogen-bond acceptors (Lipinski definition) is 2. The fraction of sp³-hybridized carbons (Fsp3) is 0.214. The maximum absolute atomic E-state index is 10.5. The molecule has 0 aliphatic rings. The molecule has 0 saturated carbocycles. The molecule has 0 saturated heterocycles. The van der Waals surface area contributed by atoms with Crippen LogP contribution >= 0.6 is 15.9 Å². The molecule has 1 atom stereocenters. The quantitative estimate of drug-likeness (QED) is 0.941. The molecule has 3 heteroatoms. The molecule has 1 aromatic carbocycles. The van der Waals surface area contributed by atoms with Crippen molar-refractivity contribution in [2.45, 2.75) is 18.9 Å². The molecule has 1 N–H and O–H groups in total. The predicted molar refractivity (Wildman–Crippen MR) is 71.7 cm³/mol. The standard InChI is InChI=1S/C14H14BrNO/c1-14(17,11-5-3-2-4-6-11)9-13-8-7-12(15)10-16-13/h2-8,10,17H,9H2,1H3. The Kier molecular flexibility index (Phi) is 3.60. The number of hydrogen-bond donors (Lipinski definition) is 1. The predicted octanol–water partition coefficient (Wildman–Crippen LogP) is 3.29. The van der Waals surface area contributed by atoms with E-state index in [0.29, 0.717) is 6.42 Å². The molecule has 0 bridgehead atoms. The van der Waals surface area contributed by atoms with Gasteiger partial charge in [0.2, 0.25) is 0 Å². The zero-order valence-corrected chi connectivity index (χ0v) is 11.2. The van der Waals surface area contributed by atoms with Crippen LogP contribution in [0.3, 0.4) is 0 Å². The van der Waals surface area contributed by atoms with Crippen LogP contribution in [-0.4, -0.2) is 10.1 Å². The van der Waals surface area contributed by atoms with Gasteiger partial charge in [-0.15, -0.1) is 0 Å². The fourth-order valence-corrected chi connectivity index (χ4v) is 2.00. The number of aliphatic hydroxyl groups is 1. The van der Waals surface area contributed by atoms with E-state index >= 15 is 0 Å². The average Bonchev–Trinajstić information content (AvgIpc) is 2.33. The van der Waals surface area contributed by atoms with Gasteiger partial charge in [-0.05, 0) is 40.5 Å². The number of pyridine rings is 1. The first kappa shape index (κ1) is 12.3. The highest BCUT2D eigenvalue weighted by molar-refractivity contribution is 9.10. The maximum atomic E-state index is 10.5. The van der Waals surface area contributed by atoms with Crippen molar-refractivity contribution in [3.63, 3.8) is 0 Å². The molecule has 0 amide bonds. The van der Waals surface area contributed by atoms with Crippen LogP contribution in [0.15, 0.2) is 53.1 Å². The smallest absolute Gasteiger partial charge is 0.0923 e. The summed E-state index contributed by atoms with van der Waals surface area (Å²) in [6, 6.07) is 13.5. The SMILES string of the molecule is CC(O)(Cc1ccc(Br)cn1)c1ccccc1. The normalized spacial score (nSPS) is 14.3. The Labute approximate surface area is 109 Å². The van der Waals surface area contributed by atoms with Crippen LogP contribution in [-0.2, 0) is 12.0 Å². The fourth-order valence-electron chi connectivity index (χ4n) is 1.76. The maximum Gasteiger partial charge on any atom is 0.0923 e. The highest BCUT2D eigenvalue weighted by atomic mass is 79.9. The Hall–Kier alpha value is -1.19. The molecule has 1 heterocycles. The van der Waals surface area contributed by atoms with Crippen LogP contribution in [0.25, 0.3) is 0 Å². The number of nitrogens with zero attached hydrogens (tertiary/aromatic N) is 1. The number of aromatic nitrogens is 1. The van der Waals surface area contributed by atoms with Gasteiger partial charge in [0.15, 0.2) is 0 Å². The first-order valence-electron chi connectivity index (χ1n) is 5.46. The summed E-state index contributed by atoms with van der Waals surface area (Å²) in [5.41, 5.74) is 0.897. The number of benzene rings is 1. The first-order chi connectivity index (χ1) is 8.08. The summed E-state index contributed by atoms with van der Waals surface area (Å²) in [5, 5.41) is 10.5. The van der Waals surface area contributed by atoms with Gasteiger partial charge in [0.05, 0.1) is 5.60 Å². The third-order valence-electron chi connectivity index (χ3n) is 2.71. The molecule has 88 valence electrons. The Morgan fingerprint density at radius 2 is 1.88 bits per heavy atom. The molecule has 2 aromatic rings. The summed E-state index contributed by atoms with van der Waals surface area (Å²) < 4.78 is 0.945. The second-order valence-electron chi connectivity index (χ2n) is 4.28. The van der Waals surface area contributed by atoms with Gasteiger partial charge in [0.25, 0.3) is 0 Å². The van der Waals surface area contributed by atoms with Crippen molar-refractivity contribution in [3.05, 3.63) is 64.4 Å². The second-order valence-corrected chi connectivity index (χ2v) is 5.20. The van der Waals surface area contributed by atoms with Crippen LogP contribution < -0.4 is 0 Å². The van der Waals surface area contributed by atoms with Crippen molar-refractivity contribution in [3.8, 4) is 0 Å². The topological polar surface area (TPSA) is 33.1 Å². The molecule has 0 fully saturated rings. The monoisotopic (exact) mass is 291 g/mol. The minimum absolute atomic E-state index is 0.504. The zero-order chi connectivity index (χ0) is 12.3. The Bertz CT molecular complexity index is 479. The van der Waals surface area contributed by atoms with E-state index in [0.717, 1.165) is 15.7 Å². The highest BCUT2D eigenvalue weighted by Crippen LogP contribution is 2.24. The number of halogens is 1. The van der Waals surface area contributed by atoms with Crippen LogP contribution in [0.4, 0.5) is 0 Å². The van der Waals surface area contributed by atoms with Crippen molar-refractivity contribution in [1.82, 2.24) is 4.98 Å². The third-order valence-corrected chi connectivity index (χ3v) is 3.18. The molecule has 2 rings (SSSR count). The lowest BCUT2D eigenvalue weighted by atomic mass is 9.91. The zero-order valence-electron chi connectivity index (χ0n) is 9.60. The minimum atomic E-state index is -0.887. The second kappa shape index (κ2) is 4.98. The van der Waals surface area contributed by atoms with Crippen molar-refractivity contribution in [2.75, 3.05) is 0 Å². The van der Waals surface area contributed by atoms with Crippen LogP contribution in [0.1, 0.15) is 18.2 Å². The lowest BCUT2D eigenvalue weighted by molar-refractivity contribution is 0.0566. The van der Waals surface area contributed by atoms with Gasteiger partial charge in [0.1, 0.15) is 0 Å². The van der Waals surface area contributed by atoms with E-state index in [4.69, 9.17) is 0 Å². The van der Waals surface area contributed by atoms with Gasteiger partial charge < -0.3 is 5.11 Å². The van der Waals surface area contributed by atoms with E-state index in [1.54, 1.807) is 6.20 Å². The Morgan fingerprint density at radius 1 is 1.18 bits per heavy atom. The van der Waals surface area contributed by atoms with Gasteiger partial charge >= 0.3 is 0 Å². The van der Waals surface area contributed by atoms with Gasteiger partial charge in [-0.3, -0.25) is 4.98 Å². The molecule has 0 radical (unpaired) electrons. The average molecular weight is 292 g/mol. The number of rotatable bonds is 3. The van der Waals surface area contributed by atoms with Crippen molar-refractivity contribution in [1.29, 1.82) is 0 Å². The van der Waals surface area contributed by atoms with Crippen molar-refractivity contribution >= 4 is 15.9 Å². The molecule has 2 nitrogen and oxygen atoms in total. The summed E-state index contributed by atoms with van der Waals surface area (Å²) >= 11 is 3.34.